The highest BCUT2D eigenvalue weighted by Gasteiger charge is 2.30. The summed E-state index contributed by atoms with van der Waals surface area (Å²) >= 11 is 0. The highest BCUT2D eigenvalue weighted by atomic mass is 31.2. The zero-order chi connectivity index (χ0) is 64.3. The first kappa shape index (κ1) is 85.1. The standard InChI is InChI=1S/C68H132O17P2/c1-7-9-11-13-15-16-17-18-19-22-25-28-32-39-45-51-66(71)79-57-63(84-67(72)52-46-40-33-29-26-23-20-21-24-27-31-36-42-48-60(3)4)58-82-86(74,75)80-54-62(69)55-81-87(76,77)83-59-64(56-78-65(70)50-44-38-30-14-12-10-8-2)85-68(73)53-47-41-35-34-37-43-49-61(5)6/h60-64,69H,7-59H2,1-6H3,(H,74,75)(H,76,77)/t62-,63-,64-/m1/s1. The maximum absolute atomic E-state index is 13.0. The Morgan fingerprint density at radius 3 is 0.782 bits per heavy atom. The fourth-order valence-corrected chi connectivity index (χ4v) is 11.8. The van der Waals surface area contributed by atoms with Crippen LogP contribution in [0.4, 0.5) is 0 Å². The van der Waals surface area contributed by atoms with E-state index < -0.39 is 97.5 Å². The molecule has 0 spiro atoms. The number of aliphatic hydroxyl groups is 1. The van der Waals surface area contributed by atoms with Crippen LogP contribution in [0.15, 0.2) is 0 Å². The van der Waals surface area contributed by atoms with Crippen LogP contribution in [0.25, 0.3) is 0 Å². The molecule has 0 aliphatic heterocycles. The number of phosphoric acid groups is 2. The highest BCUT2D eigenvalue weighted by Crippen LogP contribution is 2.45. The van der Waals surface area contributed by atoms with Crippen molar-refractivity contribution in [3.05, 3.63) is 0 Å². The number of ether oxygens (including phenoxy) is 4. The lowest BCUT2D eigenvalue weighted by Gasteiger charge is -2.21. The van der Waals surface area contributed by atoms with Crippen LogP contribution in [0.2, 0.25) is 0 Å². The zero-order valence-electron chi connectivity index (χ0n) is 56.3. The number of esters is 4. The van der Waals surface area contributed by atoms with Crippen molar-refractivity contribution in [2.24, 2.45) is 11.8 Å². The second-order valence-corrected chi connectivity index (χ2v) is 28.4. The third kappa shape index (κ3) is 62.6. The molecule has 2 unspecified atom stereocenters. The lowest BCUT2D eigenvalue weighted by molar-refractivity contribution is -0.161. The third-order valence-corrected chi connectivity index (χ3v) is 17.6. The molecule has 0 aliphatic rings. The molecule has 0 aromatic rings. The molecule has 3 N–H and O–H groups in total. The molecule has 0 aromatic heterocycles. The number of carbonyl (C=O) groups is 4. The minimum absolute atomic E-state index is 0.102. The fourth-order valence-electron chi connectivity index (χ4n) is 10.2. The lowest BCUT2D eigenvalue weighted by Crippen LogP contribution is -2.30. The minimum atomic E-state index is -4.95. The fraction of sp³-hybridized carbons (Fsp3) is 0.941. The molecule has 0 bridgehead atoms. The number of hydrogen-bond acceptors (Lipinski definition) is 15. The first-order valence-electron chi connectivity index (χ1n) is 35.5. The monoisotopic (exact) mass is 1280 g/mol. The molecule has 0 saturated heterocycles. The van der Waals surface area contributed by atoms with Crippen LogP contribution >= 0.6 is 15.6 Å². The van der Waals surface area contributed by atoms with Crippen molar-refractivity contribution in [3.63, 3.8) is 0 Å². The van der Waals surface area contributed by atoms with Crippen LogP contribution < -0.4 is 0 Å². The maximum Gasteiger partial charge on any atom is 0.472 e. The molecule has 0 fully saturated rings. The number of aliphatic hydroxyl groups excluding tert-OH is 1. The number of hydrogen-bond donors (Lipinski definition) is 3. The van der Waals surface area contributed by atoms with E-state index in [-0.39, 0.29) is 25.7 Å². The Hall–Kier alpha value is -1.94. The molecule has 516 valence electrons. The van der Waals surface area contributed by atoms with Crippen molar-refractivity contribution in [1.29, 1.82) is 0 Å². The minimum Gasteiger partial charge on any atom is -0.462 e. The molecule has 0 aromatic carbocycles. The molecule has 0 aliphatic carbocycles. The average molecular weight is 1280 g/mol. The maximum atomic E-state index is 13.0. The van der Waals surface area contributed by atoms with E-state index >= 15 is 0 Å². The second-order valence-electron chi connectivity index (χ2n) is 25.5. The Bertz CT molecular complexity index is 1700. The van der Waals surface area contributed by atoms with Gasteiger partial charge >= 0.3 is 39.5 Å². The summed E-state index contributed by atoms with van der Waals surface area (Å²) in [6.45, 7) is 9.42. The van der Waals surface area contributed by atoms with E-state index in [1.165, 1.54) is 148 Å². The van der Waals surface area contributed by atoms with E-state index in [9.17, 15) is 43.2 Å². The van der Waals surface area contributed by atoms with Crippen LogP contribution in [0.1, 0.15) is 343 Å². The molecule has 17 nitrogen and oxygen atoms in total. The smallest absolute Gasteiger partial charge is 0.462 e. The van der Waals surface area contributed by atoms with E-state index in [4.69, 9.17) is 37.0 Å². The van der Waals surface area contributed by atoms with Crippen LogP contribution in [0, 0.1) is 11.8 Å². The summed E-state index contributed by atoms with van der Waals surface area (Å²) in [7, 11) is -9.89. The van der Waals surface area contributed by atoms with Gasteiger partial charge in [0.15, 0.2) is 12.2 Å². The van der Waals surface area contributed by atoms with E-state index in [0.29, 0.717) is 31.6 Å². The van der Waals surface area contributed by atoms with Gasteiger partial charge in [-0.25, -0.2) is 9.13 Å². The molecule has 0 rings (SSSR count). The summed E-state index contributed by atoms with van der Waals surface area (Å²) in [5.41, 5.74) is 0. The van der Waals surface area contributed by atoms with Gasteiger partial charge in [-0.1, -0.05) is 292 Å². The summed E-state index contributed by atoms with van der Waals surface area (Å²) in [5.74, 6) is -0.679. The van der Waals surface area contributed by atoms with Crippen molar-refractivity contribution >= 4 is 39.5 Å². The first-order valence-corrected chi connectivity index (χ1v) is 38.5. The van der Waals surface area contributed by atoms with E-state index in [1.54, 1.807) is 0 Å². The number of rotatable bonds is 67. The van der Waals surface area contributed by atoms with Gasteiger partial charge in [-0.3, -0.25) is 37.3 Å². The van der Waals surface area contributed by atoms with Crippen LogP contribution in [0.3, 0.4) is 0 Å². The van der Waals surface area contributed by atoms with Crippen LogP contribution in [-0.4, -0.2) is 96.7 Å². The SMILES string of the molecule is CCCCCCCCCCCCCCCCCC(=O)OC[C@H](COP(=O)(O)OC[C@@H](O)COP(=O)(O)OC[C@@H](COC(=O)CCCCCCCCC)OC(=O)CCCCCCCCC(C)C)OC(=O)CCCCCCCCCCCCCCCC(C)C. The Balaban J connectivity index is 5.19. The topological polar surface area (TPSA) is 237 Å². The Morgan fingerprint density at radius 1 is 0.310 bits per heavy atom. The Labute approximate surface area is 530 Å². The van der Waals surface area contributed by atoms with Gasteiger partial charge in [0.05, 0.1) is 26.4 Å². The van der Waals surface area contributed by atoms with E-state index in [1.807, 2.05) is 0 Å². The highest BCUT2D eigenvalue weighted by molar-refractivity contribution is 7.47. The molecular formula is C68H132O17P2. The quantitative estimate of drug-likeness (QED) is 0.0222. The molecule has 87 heavy (non-hydrogen) atoms. The van der Waals surface area contributed by atoms with Crippen molar-refractivity contribution < 1.29 is 80.2 Å². The van der Waals surface area contributed by atoms with Gasteiger partial charge in [0.1, 0.15) is 19.3 Å². The van der Waals surface area contributed by atoms with Crippen molar-refractivity contribution in [1.82, 2.24) is 0 Å². The van der Waals surface area contributed by atoms with Crippen molar-refractivity contribution in [2.75, 3.05) is 39.6 Å². The largest absolute Gasteiger partial charge is 0.472 e. The predicted molar refractivity (Wildman–Crippen MR) is 349 cm³/mol. The lowest BCUT2D eigenvalue weighted by atomic mass is 10.0. The number of phosphoric ester groups is 2. The Kier molecular flexibility index (Phi) is 59.0. The van der Waals surface area contributed by atoms with Gasteiger partial charge in [0.25, 0.3) is 0 Å². The Morgan fingerprint density at radius 2 is 0.529 bits per heavy atom. The van der Waals surface area contributed by atoms with Crippen LogP contribution in [0.5, 0.6) is 0 Å². The molecule has 0 heterocycles. The predicted octanol–water partition coefficient (Wildman–Crippen LogP) is 19.2. The van der Waals surface area contributed by atoms with Crippen molar-refractivity contribution in [2.45, 2.75) is 362 Å². The first-order chi connectivity index (χ1) is 41.9. The van der Waals surface area contributed by atoms with Gasteiger partial charge in [0.2, 0.25) is 0 Å². The molecule has 0 saturated carbocycles. The zero-order valence-corrected chi connectivity index (χ0v) is 58.1. The molecule has 19 heteroatoms. The molecular weight excluding hydrogens is 1150 g/mol. The van der Waals surface area contributed by atoms with Gasteiger partial charge in [0, 0.05) is 25.7 Å². The number of unbranched alkanes of at least 4 members (excludes halogenated alkanes) is 37. The average Bonchev–Trinajstić information content (AvgIpc) is 3.48. The van der Waals surface area contributed by atoms with Crippen molar-refractivity contribution in [3.8, 4) is 0 Å². The summed E-state index contributed by atoms with van der Waals surface area (Å²) < 4.78 is 68.1. The van der Waals surface area contributed by atoms with E-state index in [0.717, 1.165) is 109 Å². The normalized spacial score (nSPS) is 14.2. The molecule has 0 radical (unpaired) electrons. The summed E-state index contributed by atoms with van der Waals surface area (Å²) in [5, 5.41) is 10.5. The van der Waals surface area contributed by atoms with Gasteiger partial charge in [-0.2, -0.15) is 0 Å². The third-order valence-electron chi connectivity index (χ3n) is 15.7. The molecule has 0 amide bonds. The second kappa shape index (κ2) is 60.3. The van der Waals surface area contributed by atoms with Gasteiger partial charge in [-0.05, 0) is 37.5 Å². The van der Waals surface area contributed by atoms with Gasteiger partial charge in [-0.15, -0.1) is 0 Å². The molecule has 5 atom stereocenters. The summed E-state index contributed by atoms with van der Waals surface area (Å²) in [6, 6.07) is 0. The van der Waals surface area contributed by atoms with E-state index in [2.05, 4.69) is 41.5 Å². The summed E-state index contributed by atoms with van der Waals surface area (Å²) in [4.78, 5) is 72.3. The summed E-state index contributed by atoms with van der Waals surface area (Å²) in [6.07, 6.45) is 44.7. The van der Waals surface area contributed by atoms with Crippen LogP contribution in [-0.2, 0) is 65.4 Å². The van der Waals surface area contributed by atoms with Gasteiger partial charge < -0.3 is 33.8 Å². The number of carbonyl (C=O) groups excluding carboxylic acids is 4.